The van der Waals surface area contributed by atoms with Gasteiger partial charge in [0.1, 0.15) is 11.3 Å². The van der Waals surface area contributed by atoms with Gasteiger partial charge in [-0.2, -0.15) is 10.1 Å². The molecule has 2 atom stereocenters. The van der Waals surface area contributed by atoms with Gasteiger partial charge in [0, 0.05) is 43.0 Å². The zero-order valence-electron chi connectivity index (χ0n) is 19.2. The molecule has 2 aliphatic rings. The van der Waals surface area contributed by atoms with E-state index in [4.69, 9.17) is 15.5 Å². The van der Waals surface area contributed by atoms with E-state index in [1.807, 2.05) is 6.92 Å². The molecule has 0 radical (unpaired) electrons. The Morgan fingerprint density at radius 3 is 2.53 bits per heavy atom. The van der Waals surface area contributed by atoms with E-state index in [1.54, 1.807) is 16.8 Å². The first-order chi connectivity index (χ1) is 17.3. The number of hydrogen-bond acceptors (Lipinski definition) is 6. The van der Waals surface area contributed by atoms with Crippen LogP contribution in [0.2, 0.25) is 0 Å². The fraction of sp³-hybridized carbons (Fsp3) is 0.375. The van der Waals surface area contributed by atoms with Gasteiger partial charge >= 0.3 is 0 Å². The highest BCUT2D eigenvalue weighted by molar-refractivity contribution is 5.94. The summed E-state index contributed by atoms with van der Waals surface area (Å²) in [5, 5.41) is 7.31. The lowest BCUT2D eigenvalue weighted by Crippen LogP contribution is -2.51. The molecule has 1 aromatic carbocycles. The van der Waals surface area contributed by atoms with Crippen LogP contribution >= 0.6 is 0 Å². The van der Waals surface area contributed by atoms with Gasteiger partial charge in [0.05, 0.1) is 18.1 Å². The van der Waals surface area contributed by atoms with Crippen molar-refractivity contribution in [3.05, 3.63) is 53.0 Å². The van der Waals surface area contributed by atoms with Crippen LogP contribution in [0.25, 0.3) is 16.7 Å². The third-order valence-electron chi connectivity index (χ3n) is 7.35. The maximum Gasteiger partial charge on any atom is 0.213 e. The van der Waals surface area contributed by atoms with Gasteiger partial charge < -0.3 is 15.4 Å². The fourth-order valence-corrected chi connectivity index (χ4v) is 5.17. The molecule has 3 aromatic heterocycles. The van der Waals surface area contributed by atoms with Crippen molar-refractivity contribution in [1.82, 2.24) is 24.6 Å². The predicted molar refractivity (Wildman–Crippen MR) is 122 cm³/mol. The molecule has 8 nitrogen and oxygen atoms in total. The molecule has 2 saturated heterocycles. The van der Waals surface area contributed by atoms with Crippen molar-refractivity contribution in [2.45, 2.75) is 31.9 Å². The predicted octanol–water partition coefficient (Wildman–Crippen LogP) is 2.89. The number of imidazole rings is 1. The number of halogens is 4. The lowest BCUT2D eigenvalue weighted by atomic mass is 9.73. The number of nitrogens with one attached hydrogen (secondary N) is 1. The number of anilines is 1. The van der Waals surface area contributed by atoms with Crippen molar-refractivity contribution >= 4 is 22.6 Å². The van der Waals surface area contributed by atoms with Crippen LogP contribution in [0.3, 0.4) is 0 Å². The summed E-state index contributed by atoms with van der Waals surface area (Å²) >= 11 is 0. The molecule has 2 fully saturated rings. The largest absolute Gasteiger partial charge is 0.376 e. The minimum atomic E-state index is -1.57. The van der Waals surface area contributed by atoms with Crippen LogP contribution in [0.5, 0.6) is 0 Å². The summed E-state index contributed by atoms with van der Waals surface area (Å²) in [5.41, 5.74) is 6.31. The maximum absolute atomic E-state index is 14.0. The lowest BCUT2D eigenvalue weighted by Gasteiger charge is -2.41. The van der Waals surface area contributed by atoms with Crippen LogP contribution in [-0.2, 0) is 4.74 Å². The Morgan fingerprint density at radius 2 is 1.86 bits per heavy atom. The van der Waals surface area contributed by atoms with Crippen LogP contribution in [0.1, 0.15) is 31.0 Å². The molecule has 0 aliphatic carbocycles. The number of aromatic amines is 1. The molecule has 2 aliphatic heterocycles. The summed E-state index contributed by atoms with van der Waals surface area (Å²) in [4.78, 5) is 11.3. The van der Waals surface area contributed by atoms with Gasteiger partial charge in [0.15, 0.2) is 34.6 Å². The quantitative estimate of drug-likeness (QED) is 0.238. The van der Waals surface area contributed by atoms with Crippen LogP contribution in [0.4, 0.5) is 23.5 Å². The number of ether oxygens (including phenoxy) is 1. The summed E-state index contributed by atoms with van der Waals surface area (Å²) in [6.45, 7) is 4.10. The molecule has 3 N–H and O–H groups in total. The van der Waals surface area contributed by atoms with Crippen molar-refractivity contribution in [2.24, 2.45) is 11.1 Å². The minimum Gasteiger partial charge on any atom is -0.376 e. The zero-order valence-corrected chi connectivity index (χ0v) is 19.2. The van der Waals surface area contributed by atoms with Crippen molar-refractivity contribution in [3.8, 4) is 11.8 Å². The van der Waals surface area contributed by atoms with Crippen LogP contribution in [0.15, 0.2) is 18.5 Å². The van der Waals surface area contributed by atoms with Crippen LogP contribution < -0.4 is 10.6 Å². The molecule has 0 bridgehead atoms. The van der Waals surface area contributed by atoms with Crippen LogP contribution in [0, 0.1) is 40.5 Å². The molecular weight excluding hydrogens is 478 g/mol. The Hall–Kier alpha value is -3.69. The molecule has 12 heteroatoms. The number of nitrogens with two attached hydrogens (primary N) is 1. The number of fused-ring (bicyclic) bond motifs is 3. The molecule has 186 valence electrons. The highest BCUT2D eigenvalue weighted by atomic mass is 19.2. The van der Waals surface area contributed by atoms with Crippen molar-refractivity contribution in [2.75, 3.05) is 24.6 Å². The van der Waals surface area contributed by atoms with Gasteiger partial charge in [-0.25, -0.2) is 22.5 Å². The Balaban J connectivity index is 1.37. The van der Waals surface area contributed by atoms with E-state index >= 15 is 0 Å². The standard InChI is InChI=1S/C24H21F4N7O/c1-12-20(29)24(11-36-12)4-7-34(8-5-24)23-31-21-17(22-30-6-9-35(22)23)16(32-33-21)3-2-13-18(27)14(25)10-15(26)19(13)28/h6,9-10,12,20H,4-5,7-8,11,29H2,1H3,(H,32,33)/t12-,20+/m0/s1. The number of nitrogens with zero attached hydrogens (tertiary/aromatic N) is 5. The summed E-state index contributed by atoms with van der Waals surface area (Å²) < 4.78 is 62.8. The molecule has 0 saturated carbocycles. The van der Waals surface area contributed by atoms with Crippen LogP contribution in [-0.4, -0.2) is 56.4 Å². The minimum absolute atomic E-state index is 0.0154. The molecule has 5 heterocycles. The number of hydrogen-bond donors (Lipinski definition) is 2. The molecule has 36 heavy (non-hydrogen) atoms. The number of aromatic nitrogens is 5. The van der Waals surface area contributed by atoms with E-state index in [1.165, 1.54) is 0 Å². The molecule has 4 aromatic rings. The normalized spacial score (nSPS) is 21.4. The number of piperidine rings is 1. The third kappa shape index (κ3) is 3.34. The molecule has 0 amide bonds. The molecule has 1 spiro atoms. The first-order valence-corrected chi connectivity index (χ1v) is 11.5. The third-order valence-corrected chi connectivity index (χ3v) is 7.35. The molecule has 6 rings (SSSR count). The molecule has 0 unspecified atom stereocenters. The average molecular weight is 499 g/mol. The van der Waals surface area contributed by atoms with Gasteiger partial charge in [-0.3, -0.25) is 9.50 Å². The summed E-state index contributed by atoms with van der Waals surface area (Å²) in [5.74, 6) is -0.889. The van der Waals surface area contributed by atoms with E-state index in [0.717, 1.165) is 25.9 Å². The fourth-order valence-electron chi connectivity index (χ4n) is 5.17. The van der Waals surface area contributed by atoms with E-state index in [2.05, 4.69) is 31.9 Å². The second-order valence-electron chi connectivity index (χ2n) is 9.31. The second kappa shape index (κ2) is 8.18. The summed E-state index contributed by atoms with van der Waals surface area (Å²) in [7, 11) is 0. The number of rotatable bonds is 1. The monoisotopic (exact) mass is 499 g/mol. The Kier molecular flexibility index (Phi) is 5.17. The van der Waals surface area contributed by atoms with E-state index in [0.29, 0.717) is 29.2 Å². The van der Waals surface area contributed by atoms with Gasteiger partial charge in [-0.05, 0) is 25.7 Å². The Morgan fingerprint density at radius 1 is 1.14 bits per heavy atom. The first kappa shape index (κ1) is 22.8. The zero-order chi connectivity index (χ0) is 25.2. The van der Waals surface area contributed by atoms with Gasteiger partial charge in [-0.15, -0.1) is 0 Å². The highest BCUT2D eigenvalue weighted by Gasteiger charge is 2.47. The van der Waals surface area contributed by atoms with Crippen molar-refractivity contribution in [1.29, 1.82) is 0 Å². The van der Waals surface area contributed by atoms with Crippen molar-refractivity contribution in [3.63, 3.8) is 0 Å². The summed E-state index contributed by atoms with van der Waals surface area (Å²) in [6.07, 6.45) is 5.09. The number of benzene rings is 1. The SMILES string of the molecule is C[C@@H]1OCC2(CCN(c3nc4[nH]nc(C#Cc5c(F)c(F)cc(F)c5F)c4c4nccn34)CC2)[C@@H]1N. The van der Waals surface area contributed by atoms with Gasteiger partial charge in [0.25, 0.3) is 0 Å². The maximum atomic E-state index is 14.0. The smallest absolute Gasteiger partial charge is 0.213 e. The Bertz CT molecular complexity index is 1540. The number of H-pyrrole nitrogens is 1. The van der Waals surface area contributed by atoms with Gasteiger partial charge in [-0.1, -0.05) is 5.92 Å². The van der Waals surface area contributed by atoms with Gasteiger partial charge in [0.2, 0.25) is 5.95 Å². The van der Waals surface area contributed by atoms with E-state index in [-0.39, 0.29) is 29.3 Å². The second-order valence-corrected chi connectivity index (χ2v) is 9.31. The lowest BCUT2D eigenvalue weighted by molar-refractivity contribution is 0.0973. The van der Waals surface area contributed by atoms with Crippen molar-refractivity contribution < 1.29 is 22.3 Å². The molecular formula is C24H21F4N7O. The first-order valence-electron chi connectivity index (χ1n) is 11.5. The highest BCUT2D eigenvalue weighted by Crippen LogP contribution is 2.42. The topological polar surface area (TPSA) is 97.4 Å². The van der Waals surface area contributed by atoms with E-state index < -0.39 is 28.8 Å². The Labute approximate surface area is 202 Å². The average Bonchev–Trinajstić information content (AvgIpc) is 3.58. The van der Waals surface area contributed by atoms with E-state index in [9.17, 15) is 17.6 Å². The summed E-state index contributed by atoms with van der Waals surface area (Å²) in [6, 6.07) is 0.119.